The standard InChI is InChI=1S/C13H24N2O2/c1-9(2)12(13(16)17-3)14-10-6-8-15-7-4-5-11(10)15/h9-12,14H,4-8H2,1-3H3/t10?,11?,12-/m0/s1. The van der Waals surface area contributed by atoms with Gasteiger partial charge in [0.25, 0.3) is 0 Å². The molecular weight excluding hydrogens is 216 g/mol. The van der Waals surface area contributed by atoms with Crippen molar-refractivity contribution in [1.29, 1.82) is 0 Å². The number of carbonyl (C=O) groups is 1. The molecule has 0 aliphatic carbocycles. The fourth-order valence-electron chi connectivity index (χ4n) is 3.17. The summed E-state index contributed by atoms with van der Waals surface area (Å²) < 4.78 is 4.88. The van der Waals surface area contributed by atoms with E-state index in [1.165, 1.54) is 33.0 Å². The Kier molecular flexibility index (Phi) is 4.05. The van der Waals surface area contributed by atoms with E-state index in [4.69, 9.17) is 4.74 Å². The van der Waals surface area contributed by atoms with E-state index in [0.717, 1.165) is 6.42 Å². The van der Waals surface area contributed by atoms with Crippen molar-refractivity contribution < 1.29 is 9.53 Å². The van der Waals surface area contributed by atoms with E-state index < -0.39 is 0 Å². The van der Waals surface area contributed by atoms with Crippen LogP contribution in [-0.2, 0) is 9.53 Å². The van der Waals surface area contributed by atoms with Crippen molar-refractivity contribution >= 4 is 5.97 Å². The van der Waals surface area contributed by atoms with Gasteiger partial charge in [-0.15, -0.1) is 0 Å². The minimum atomic E-state index is -0.162. The van der Waals surface area contributed by atoms with Crippen LogP contribution in [-0.4, -0.2) is 49.2 Å². The normalized spacial score (nSPS) is 30.6. The Morgan fingerprint density at radius 2 is 2.12 bits per heavy atom. The second-order valence-electron chi connectivity index (χ2n) is 5.55. The van der Waals surface area contributed by atoms with Crippen LogP contribution in [0.1, 0.15) is 33.1 Å². The summed E-state index contributed by atoms with van der Waals surface area (Å²) in [7, 11) is 1.47. The van der Waals surface area contributed by atoms with Gasteiger partial charge >= 0.3 is 5.97 Å². The molecule has 17 heavy (non-hydrogen) atoms. The highest BCUT2D eigenvalue weighted by atomic mass is 16.5. The number of esters is 1. The van der Waals surface area contributed by atoms with Crippen molar-refractivity contribution in [3.63, 3.8) is 0 Å². The molecule has 2 rings (SSSR count). The minimum absolute atomic E-state index is 0.128. The van der Waals surface area contributed by atoms with Crippen LogP contribution in [0.5, 0.6) is 0 Å². The van der Waals surface area contributed by atoms with E-state index in [1.807, 2.05) is 0 Å². The van der Waals surface area contributed by atoms with Gasteiger partial charge in [-0.25, -0.2) is 0 Å². The lowest BCUT2D eigenvalue weighted by Crippen LogP contribution is -2.50. The van der Waals surface area contributed by atoms with E-state index in [0.29, 0.717) is 12.1 Å². The largest absolute Gasteiger partial charge is 0.468 e. The van der Waals surface area contributed by atoms with Crippen LogP contribution in [0.2, 0.25) is 0 Å². The van der Waals surface area contributed by atoms with Gasteiger partial charge in [0.1, 0.15) is 6.04 Å². The summed E-state index contributed by atoms with van der Waals surface area (Å²) in [6.45, 7) is 6.54. The van der Waals surface area contributed by atoms with Gasteiger partial charge in [-0.05, 0) is 31.7 Å². The molecule has 0 aromatic heterocycles. The van der Waals surface area contributed by atoms with Crippen molar-refractivity contribution in [2.45, 2.75) is 51.2 Å². The molecule has 2 aliphatic heterocycles. The molecule has 2 heterocycles. The number of nitrogens with zero attached hydrogens (tertiary/aromatic N) is 1. The quantitative estimate of drug-likeness (QED) is 0.745. The Balaban J connectivity index is 1.96. The Bertz CT molecular complexity index is 281. The molecule has 2 saturated heterocycles. The van der Waals surface area contributed by atoms with Gasteiger partial charge in [0, 0.05) is 18.6 Å². The van der Waals surface area contributed by atoms with Gasteiger partial charge < -0.3 is 4.74 Å². The van der Waals surface area contributed by atoms with Crippen LogP contribution in [0, 0.1) is 5.92 Å². The van der Waals surface area contributed by atoms with Gasteiger partial charge in [-0.1, -0.05) is 13.8 Å². The second-order valence-corrected chi connectivity index (χ2v) is 5.55. The number of methoxy groups -OCH3 is 1. The molecule has 2 unspecified atom stereocenters. The average Bonchev–Trinajstić information content (AvgIpc) is 2.87. The molecule has 2 fully saturated rings. The summed E-state index contributed by atoms with van der Waals surface area (Å²) in [5.74, 6) is 0.148. The zero-order valence-corrected chi connectivity index (χ0v) is 11.1. The minimum Gasteiger partial charge on any atom is -0.468 e. The number of hydrogen-bond acceptors (Lipinski definition) is 4. The Hall–Kier alpha value is -0.610. The summed E-state index contributed by atoms with van der Waals surface area (Å²) in [5.41, 5.74) is 0. The first-order valence-electron chi connectivity index (χ1n) is 6.71. The highest BCUT2D eigenvalue weighted by molar-refractivity contribution is 5.76. The molecule has 0 saturated carbocycles. The summed E-state index contributed by atoms with van der Waals surface area (Å²) >= 11 is 0. The lowest BCUT2D eigenvalue weighted by molar-refractivity contribution is -0.144. The molecule has 0 bridgehead atoms. The van der Waals surface area contributed by atoms with Crippen LogP contribution in [0.25, 0.3) is 0 Å². The highest BCUT2D eigenvalue weighted by Crippen LogP contribution is 2.28. The number of nitrogens with one attached hydrogen (secondary N) is 1. The second kappa shape index (κ2) is 5.36. The third-order valence-electron chi connectivity index (χ3n) is 4.12. The highest BCUT2D eigenvalue weighted by Gasteiger charge is 2.39. The Morgan fingerprint density at radius 3 is 2.76 bits per heavy atom. The predicted octanol–water partition coefficient (Wildman–Crippen LogP) is 1.01. The Morgan fingerprint density at radius 1 is 1.35 bits per heavy atom. The maximum atomic E-state index is 11.7. The molecule has 4 nitrogen and oxygen atoms in total. The maximum Gasteiger partial charge on any atom is 0.323 e. The zero-order chi connectivity index (χ0) is 12.4. The van der Waals surface area contributed by atoms with Crippen molar-refractivity contribution in [2.75, 3.05) is 20.2 Å². The van der Waals surface area contributed by atoms with Crippen molar-refractivity contribution in [3.05, 3.63) is 0 Å². The monoisotopic (exact) mass is 240 g/mol. The van der Waals surface area contributed by atoms with Crippen LogP contribution in [0.3, 0.4) is 0 Å². The lowest BCUT2D eigenvalue weighted by Gasteiger charge is -2.27. The molecule has 0 radical (unpaired) electrons. The van der Waals surface area contributed by atoms with Crippen LogP contribution < -0.4 is 5.32 Å². The molecule has 0 aromatic carbocycles. The zero-order valence-electron chi connectivity index (χ0n) is 11.1. The molecule has 3 atom stereocenters. The Labute approximate surface area is 104 Å². The van der Waals surface area contributed by atoms with Gasteiger partial charge in [-0.2, -0.15) is 0 Å². The molecule has 0 aromatic rings. The first-order chi connectivity index (χ1) is 8.13. The number of hydrogen-bond donors (Lipinski definition) is 1. The van der Waals surface area contributed by atoms with Gasteiger partial charge in [-0.3, -0.25) is 15.0 Å². The first kappa shape index (κ1) is 12.8. The van der Waals surface area contributed by atoms with Crippen molar-refractivity contribution in [1.82, 2.24) is 10.2 Å². The predicted molar refractivity (Wildman–Crippen MR) is 66.8 cm³/mol. The number of fused-ring (bicyclic) bond motifs is 1. The molecule has 0 spiro atoms. The van der Waals surface area contributed by atoms with E-state index in [-0.39, 0.29) is 17.9 Å². The molecular formula is C13H24N2O2. The van der Waals surface area contributed by atoms with Crippen molar-refractivity contribution in [3.8, 4) is 0 Å². The van der Waals surface area contributed by atoms with Gasteiger partial charge in [0.15, 0.2) is 0 Å². The van der Waals surface area contributed by atoms with E-state index in [2.05, 4.69) is 24.1 Å². The summed E-state index contributed by atoms with van der Waals surface area (Å²) in [4.78, 5) is 14.3. The van der Waals surface area contributed by atoms with E-state index in [9.17, 15) is 4.79 Å². The topological polar surface area (TPSA) is 41.6 Å². The number of carbonyl (C=O) groups excluding carboxylic acids is 1. The fourth-order valence-corrected chi connectivity index (χ4v) is 3.17. The average molecular weight is 240 g/mol. The molecule has 4 heteroatoms. The van der Waals surface area contributed by atoms with Crippen molar-refractivity contribution in [2.24, 2.45) is 5.92 Å². The van der Waals surface area contributed by atoms with Gasteiger partial charge in [0.2, 0.25) is 0 Å². The third kappa shape index (κ3) is 2.63. The summed E-state index contributed by atoms with van der Waals surface area (Å²) in [6, 6.07) is 0.940. The van der Waals surface area contributed by atoms with Gasteiger partial charge in [0.05, 0.1) is 7.11 Å². The van der Waals surface area contributed by atoms with Crippen LogP contribution in [0.4, 0.5) is 0 Å². The summed E-state index contributed by atoms with van der Waals surface area (Å²) in [5, 5.41) is 3.52. The first-order valence-corrected chi connectivity index (χ1v) is 6.71. The van der Waals surface area contributed by atoms with Crippen LogP contribution >= 0.6 is 0 Å². The third-order valence-corrected chi connectivity index (χ3v) is 4.12. The molecule has 0 amide bonds. The molecule has 1 N–H and O–H groups in total. The van der Waals surface area contributed by atoms with Crippen LogP contribution in [0.15, 0.2) is 0 Å². The number of rotatable bonds is 4. The molecule has 2 aliphatic rings. The SMILES string of the molecule is COC(=O)[C@@H](NC1CCN2CCCC12)C(C)C. The van der Waals surface area contributed by atoms with E-state index in [1.54, 1.807) is 0 Å². The lowest BCUT2D eigenvalue weighted by atomic mass is 10.00. The maximum absolute atomic E-state index is 11.7. The molecule has 98 valence electrons. The summed E-state index contributed by atoms with van der Waals surface area (Å²) in [6.07, 6.45) is 3.72. The smallest absolute Gasteiger partial charge is 0.323 e. The number of ether oxygens (including phenoxy) is 1. The van der Waals surface area contributed by atoms with E-state index >= 15 is 0 Å². The fraction of sp³-hybridized carbons (Fsp3) is 0.923.